The van der Waals surface area contributed by atoms with Gasteiger partial charge in [-0.1, -0.05) is 44.9 Å². The summed E-state index contributed by atoms with van der Waals surface area (Å²) in [4.78, 5) is 23.3. The molecule has 0 heterocycles. The van der Waals surface area contributed by atoms with Gasteiger partial charge >= 0.3 is 0 Å². The second kappa shape index (κ2) is 7.80. The van der Waals surface area contributed by atoms with E-state index >= 15 is 0 Å². The van der Waals surface area contributed by atoms with Crippen molar-refractivity contribution in [1.82, 2.24) is 0 Å². The molecule has 0 bridgehead atoms. The standard InChI is InChI=1S/C16H22O2/c1-3-5-8-13-9-7-10-14(15(13)12-17)16(18)11-6-4-2/h7,9-10,12H,3-6,8,11H2,1-2H3. The maximum atomic E-state index is 12.1. The number of unbranched alkanes of at least 4 members (excludes halogenated alkanes) is 2. The zero-order valence-corrected chi connectivity index (χ0v) is 11.4. The van der Waals surface area contributed by atoms with E-state index in [2.05, 4.69) is 13.8 Å². The van der Waals surface area contributed by atoms with Crippen LogP contribution >= 0.6 is 0 Å². The Labute approximate surface area is 109 Å². The first-order valence-electron chi connectivity index (χ1n) is 6.84. The van der Waals surface area contributed by atoms with Crippen LogP contribution in [0.4, 0.5) is 0 Å². The van der Waals surface area contributed by atoms with Crippen molar-refractivity contribution >= 4 is 12.1 Å². The smallest absolute Gasteiger partial charge is 0.163 e. The number of carbonyl (C=O) groups is 2. The fourth-order valence-electron chi connectivity index (χ4n) is 2.05. The molecule has 0 atom stereocenters. The molecular weight excluding hydrogens is 224 g/mol. The molecular formula is C16H22O2. The minimum atomic E-state index is 0.0947. The fraction of sp³-hybridized carbons (Fsp3) is 0.500. The number of rotatable bonds is 8. The van der Waals surface area contributed by atoms with Crippen LogP contribution in [0.1, 0.15) is 72.2 Å². The van der Waals surface area contributed by atoms with Gasteiger partial charge in [0, 0.05) is 17.5 Å². The first kappa shape index (κ1) is 14.6. The Hall–Kier alpha value is -1.44. The van der Waals surface area contributed by atoms with E-state index in [9.17, 15) is 9.59 Å². The minimum absolute atomic E-state index is 0.0947. The highest BCUT2D eigenvalue weighted by Gasteiger charge is 2.13. The molecule has 0 amide bonds. The molecule has 0 aliphatic heterocycles. The van der Waals surface area contributed by atoms with E-state index in [4.69, 9.17) is 0 Å². The summed E-state index contributed by atoms with van der Waals surface area (Å²) < 4.78 is 0. The molecule has 0 saturated carbocycles. The highest BCUT2D eigenvalue weighted by Crippen LogP contribution is 2.18. The summed E-state index contributed by atoms with van der Waals surface area (Å²) in [7, 11) is 0. The van der Waals surface area contributed by atoms with Gasteiger partial charge in [-0.05, 0) is 24.8 Å². The third-order valence-corrected chi connectivity index (χ3v) is 3.17. The predicted octanol–water partition coefficient (Wildman–Crippen LogP) is 4.21. The van der Waals surface area contributed by atoms with Crippen LogP contribution in [0.3, 0.4) is 0 Å². The van der Waals surface area contributed by atoms with Crippen molar-refractivity contribution in [2.45, 2.75) is 52.4 Å². The summed E-state index contributed by atoms with van der Waals surface area (Å²) in [5, 5.41) is 0. The Morgan fingerprint density at radius 3 is 2.50 bits per heavy atom. The lowest BCUT2D eigenvalue weighted by Gasteiger charge is -2.09. The second-order valence-electron chi connectivity index (χ2n) is 4.63. The molecule has 0 unspecified atom stereocenters. The van der Waals surface area contributed by atoms with Gasteiger partial charge in [0.25, 0.3) is 0 Å². The van der Waals surface area contributed by atoms with Gasteiger partial charge in [-0.25, -0.2) is 0 Å². The van der Waals surface area contributed by atoms with Gasteiger partial charge in [-0.3, -0.25) is 9.59 Å². The summed E-state index contributed by atoms with van der Waals surface area (Å²) in [6.07, 6.45) is 6.27. The highest BCUT2D eigenvalue weighted by molar-refractivity contribution is 6.03. The Balaban J connectivity index is 2.96. The minimum Gasteiger partial charge on any atom is -0.298 e. The molecule has 98 valence electrons. The normalized spacial score (nSPS) is 10.3. The molecule has 1 aromatic carbocycles. The van der Waals surface area contributed by atoms with E-state index in [-0.39, 0.29) is 5.78 Å². The number of benzene rings is 1. The Kier molecular flexibility index (Phi) is 6.34. The highest BCUT2D eigenvalue weighted by atomic mass is 16.1. The van der Waals surface area contributed by atoms with E-state index in [0.29, 0.717) is 17.5 Å². The number of aryl methyl sites for hydroxylation is 1. The molecule has 0 aromatic heterocycles. The topological polar surface area (TPSA) is 34.1 Å². The number of ketones is 1. The van der Waals surface area contributed by atoms with Crippen molar-refractivity contribution in [1.29, 1.82) is 0 Å². The Morgan fingerprint density at radius 1 is 1.17 bits per heavy atom. The molecule has 0 N–H and O–H groups in total. The van der Waals surface area contributed by atoms with Gasteiger partial charge in [-0.2, -0.15) is 0 Å². The lowest BCUT2D eigenvalue weighted by molar-refractivity contribution is 0.0973. The number of hydrogen-bond donors (Lipinski definition) is 0. The maximum Gasteiger partial charge on any atom is 0.163 e. The van der Waals surface area contributed by atoms with Crippen LogP contribution in [0.2, 0.25) is 0 Å². The van der Waals surface area contributed by atoms with E-state index in [1.165, 1.54) is 0 Å². The average molecular weight is 246 g/mol. The first-order chi connectivity index (χ1) is 8.74. The number of aldehydes is 1. The van der Waals surface area contributed by atoms with Crippen LogP contribution in [-0.4, -0.2) is 12.1 Å². The average Bonchev–Trinajstić information content (AvgIpc) is 2.41. The zero-order valence-electron chi connectivity index (χ0n) is 11.4. The lowest BCUT2D eigenvalue weighted by Crippen LogP contribution is -2.06. The molecule has 0 aliphatic carbocycles. The van der Waals surface area contributed by atoms with Gasteiger partial charge in [-0.15, -0.1) is 0 Å². The van der Waals surface area contributed by atoms with Crippen molar-refractivity contribution in [3.63, 3.8) is 0 Å². The maximum absolute atomic E-state index is 12.1. The molecule has 1 rings (SSSR count). The summed E-state index contributed by atoms with van der Waals surface area (Å²) in [6.45, 7) is 4.18. The van der Waals surface area contributed by atoms with Crippen molar-refractivity contribution in [2.75, 3.05) is 0 Å². The summed E-state index contributed by atoms with van der Waals surface area (Å²) in [5.41, 5.74) is 2.22. The summed E-state index contributed by atoms with van der Waals surface area (Å²) in [5.74, 6) is 0.0947. The van der Waals surface area contributed by atoms with Crippen molar-refractivity contribution < 1.29 is 9.59 Å². The monoisotopic (exact) mass is 246 g/mol. The van der Waals surface area contributed by atoms with Crippen molar-refractivity contribution in [3.05, 3.63) is 34.9 Å². The first-order valence-corrected chi connectivity index (χ1v) is 6.84. The van der Waals surface area contributed by atoms with Crippen LogP contribution in [0, 0.1) is 0 Å². The van der Waals surface area contributed by atoms with Crippen LogP contribution in [0.25, 0.3) is 0 Å². The van der Waals surface area contributed by atoms with Crippen LogP contribution in [0.5, 0.6) is 0 Å². The SMILES string of the molecule is CCCCC(=O)c1cccc(CCCC)c1C=O. The molecule has 2 heteroatoms. The molecule has 0 aliphatic rings. The third kappa shape index (κ3) is 3.80. The Bertz CT molecular complexity index is 408. The fourth-order valence-corrected chi connectivity index (χ4v) is 2.05. The number of Topliss-reactive ketones (excluding diaryl/α,β-unsaturated/α-hetero) is 1. The molecule has 18 heavy (non-hydrogen) atoms. The van der Waals surface area contributed by atoms with E-state index in [1.54, 1.807) is 6.07 Å². The third-order valence-electron chi connectivity index (χ3n) is 3.17. The molecule has 2 nitrogen and oxygen atoms in total. The lowest BCUT2D eigenvalue weighted by atomic mass is 9.94. The van der Waals surface area contributed by atoms with Crippen LogP contribution < -0.4 is 0 Å². The largest absolute Gasteiger partial charge is 0.298 e. The van der Waals surface area contributed by atoms with Gasteiger partial charge < -0.3 is 0 Å². The summed E-state index contributed by atoms with van der Waals surface area (Å²) >= 11 is 0. The molecule has 1 aromatic rings. The number of hydrogen-bond acceptors (Lipinski definition) is 2. The quantitative estimate of drug-likeness (QED) is 0.508. The van der Waals surface area contributed by atoms with Crippen molar-refractivity contribution in [3.8, 4) is 0 Å². The van der Waals surface area contributed by atoms with E-state index in [0.717, 1.165) is 44.0 Å². The van der Waals surface area contributed by atoms with Gasteiger partial charge in [0.1, 0.15) is 0 Å². The van der Waals surface area contributed by atoms with Crippen LogP contribution in [-0.2, 0) is 6.42 Å². The summed E-state index contributed by atoms with van der Waals surface area (Å²) in [6, 6.07) is 5.62. The predicted molar refractivity (Wildman–Crippen MR) is 74.3 cm³/mol. The molecule has 0 radical (unpaired) electrons. The second-order valence-corrected chi connectivity index (χ2v) is 4.63. The van der Waals surface area contributed by atoms with Crippen molar-refractivity contribution in [2.24, 2.45) is 0 Å². The molecule has 0 spiro atoms. The van der Waals surface area contributed by atoms with Gasteiger partial charge in [0.15, 0.2) is 12.1 Å². The molecule has 0 saturated heterocycles. The van der Waals surface area contributed by atoms with Gasteiger partial charge in [0.05, 0.1) is 0 Å². The zero-order chi connectivity index (χ0) is 13.4. The number of carbonyl (C=O) groups excluding carboxylic acids is 2. The van der Waals surface area contributed by atoms with Gasteiger partial charge in [0.2, 0.25) is 0 Å². The Morgan fingerprint density at radius 2 is 1.89 bits per heavy atom. The molecule has 0 fully saturated rings. The van der Waals surface area contributed by atoms with E-state index < -0.39 is 0 Å². The van der Waals surface area contributed by atoms with Crippen LogP contribution in [0.15, 0.2) is 18.2 Å². The van der Waals surface area contributed by atoms with E-state index in [1.807, 2.05) is 12.1 Å².